The Morgan fingerprint density at radius 3 is 2.53 bits per heavy atom. The molecule has 0 fully saturated rings. The highest BCUT2D eigenvalue weighted by Gasteiger charge is 2.26. The first-order chi connectivity index (χ1) is 18.3. The molecule has 0 aliphatic carbocycles. The van der Waals surface area contributed by atoms with Crippen LogP contribution in [0.5, 0.6) is 0 Å². The second-order valence-corrected chi connectivity index (χ2v) is 10.6. The number of halogens is 2. The van der Waals surface area contributed by atoms with Crippen LogP contribution in [0.4, 0.5) is 8.78 Å². The molecule has 0 aliphatic rings. The highest BCUT2D eigenvalue weighted by molar-refractivity contribution is 7.98. The van der Waals surface area contributed by atoms with Crippen LogP contribution in [-0.2, 0) is 29.9 Å². The Morgan fingerprint density at radius 1 is 1.08 bits per heavy atom. The Kier molecular flexibility index (Phi) is 11.8. The van der Waals surface area contributed by atoms with E-state index in [2.05, 4.69) is 31.3 Å². The molecule has 2 atom stereocenters. The lowest BCUT2D eigenvalue weighted by Gasteiger charge is -2.24. The largest absolute Gasteiger partial charge is 0.454 e. The van der Waals surface area contributed by atoms with Gasteiger partial charge in [0.1, 0.15) is 23.5 Å². The summed E-state index contributed by atoms with van der Waals surface area (Å²) in [5.74, 6) is 0.651. The number of hydrogen-bond donors (Lipinski definition) is 2. The predicted molar refractivity (Wildman–Crippen MR) is 149 cm³/mol. The van der Waals surface area contributed by atoms with Crippen molar-refractivity contribution >= 4 is 17.7 Å². The van der Waals surface area contributed by atoms with Crippen molar-refractivity contribution in [2.24, 2.45) is 5.73 Å². The van der Waals surface area contributed by atoms with Gasteiger partial charge in [-0.2, -0.15) is 11.8 Å². The topological polar surface area (TPSA) is 77.5 Å². The Hall–Kier alpha value is -2.68. The molecule has 5 nitrogen and oxygen atoms in total. The van der Waals surface area contributed by atoms with E-state index in [0.717, 1.165) is 48.0 Å². The summed E-state index contributed by atoms with van der Waals surface area (Å²) in [5, 5.41) is 3.32. The minimum atomic E-state index is -0.754. The fourth-order valence-electron chi connectivity index (χ4n) is 4.12. The summed E-state index contributed by atoms with van der Waals surface area (Å²) >= 11 is 1.80. The van der Waals surface area contributed by atoms with Crippen molar-refractivity contribution < 1.29 is 22.7 Å². The fourth-order valence-corrected chi connectivity index (χ4v) is 5.26. The summed E-state index contributed by atoms with van der Waals surface area (Å²) in [6.45, 7) is 6.91. The van der Waals surface area contributed by atoms with Crippen LogP contribution in [-0.4, -0.2) is 30.4 Å². The number of benzene rings is 2. The lowest BCUT2D eigenvalue weighted by molar-refractivity contribution is 0.0202. The number of hydrogen-bond acceptors (Lipinski definition) is 6. The van der Waals surface area contributed by atoms with E-state index in [4.69, 9.17) is 14.9 Å². The number of aryl methyl sites for hydroxylation is 2. The van der Waals surface area contributed by atoms with Crippen LogP contribution in [0.2, 0.25) is 0 Å². The van der Waals surface area contributed by atoms with Gasteiger partial charge in [-0.15, -0.1) is 0 Å². The van der Waals surface area contributed by atoms with Crippen LogP contribution in [0.15, 0.2) is 52.9 Å². The smallest absolute Gasteiger partial charge is 0.374 e. The van der Waals surface area contributed by atoms with Crippen molar-refractivity contribution in [2.45, 2.75) is 70.9 Å². The van der Waals surface area contributed by atoms with E-state index in [1.54, 1.807) is 17.8 Å². The van der Waals surface area contributed by atoms with Gasteiger partial charge in [-0.05, 0) is 66.8 Å². The molecule has 0 spiro atoms. The molecule has 3 N–H and O–H groups in total. The van der Waals surface area contributed by atoms with Crippen molar-refractivity contribution in [1.82, 2.24) is 5.32 Å². The van der Waals surface area contributed by atoms with Crippen molar-refractivity contribution in [1.29, 1.82) is 0 Å². The van der Waals surface area contributed by atoms with Crippen LogP contribution in [0.3, 0.4) is 0 Å². The summed E-state index contributed by atoms with van der Waals surface area (Å²) < 4.78 is 39.0. The minimum absolute atomic E-state index is 0.123. The van der Waals surface area contributed by atoms with Gasteiger partial charge in [0.25, 0.3) is 0 Å². The van der Waals surface area contributed by atoms with E-state index in [1.807, 2.05) is 19.1 Å². The molecule has 0 bridgehead atoms. The number of thioether (sulfide) groups is 1. The van der Waals surface area contributed by atoms with Gasteiger partial charge in [-0.1, -0.05) is 44.5 Å². The third-order valence-electron chi connectivity index (χ3n) is 6.33. The Morgan fingerprint density at radius 2 is 1.82 bits per heavy atom. The Balaban J connectivity index is 1.69. The maximum absolute atomic E-state index is 13.7. The standard InChI is InChI=1S/C30H38F2N2O3S/c1-4-6-10-38-19-24-15-28(36-20(24)3)30(35)37-29(18-34-17-22-9-7-8-21(5-2)11-22)27(33)14-23-12-25(31)16-26(32)13-23/h7-9,11-13,15-16,27,29,34H,4-6,10,14,17-19,33H2,1-3H3. The number of rotatable bonds is 15. The number of nitrogens with one attached hydrogen (secondary N) is 1. The van der Waals surface area contributed by atoms with Gasteiger partial charge >= 0.3 is 5.97 Å². The highest BCUT2D eigenvalue weighted by atomic mass is 32.2. The molecule has 38 heavy (non-hydrogen) atoms. The summed E-state index contributed by atoms with van der Waals surface area (Å²) in [6.07, 6.45) is 2.59. The zero-order valence-corrected chi connectivity index (χ0v) is 23.2. The second-order valence-electron chi connectivity index (χ2n) is 9.49. The highest BCUT2D eigenvalue weighted by Crippen LogP contribution is 2.22. The summed E-state index contributed by atoms with van der Waals surface area (Å²) in [4.78, 5) is 13.1. The number of esters is 1. The van der Waals surface area contributed by atoms with Crippen molar-refractivity contribution in [2.75, 3.05) is 12.3 Å². The fraction of sp³-hybridized carbons (Fsp3) is 0.433. The Bertz CT molecular complexity index is 1160. The average Bonchev–Trinajstić information content (AvgIpc) is 3.26. The molecule has 0 radical (unpaired) electrons. The summed E-state index contributed by atoms with van der Waals surface area (Å²) in [7, 11) is 0. The van der Waals surface area contributed by atoms with Crippen LogP contribution in [0.1, 0.15) is 65.3 Å². The first kappa shape index (κ1) is 29.9. The van der Waals surface area contributed by atoms with Gasteiger partial charge in [0.05, 0.1) is 0 Å². The predicted octanol–water partition coefficient (Wildman–Crippen LogP) is 6.35. The maximum atomic E-state index is 13.7. The van der Waals surface area contributed by atoms with E-state index in [9.17, 15) is 13.6 Å². The van der Waals surface area contributed by atoms with Crippen LogP contribution < -0.4 is 11.1 Å². The van der Waals surface area contributed by atoms with Gasteiger partial charge in [0.15, 0.2) is 0 Å². The molecule has 1 heterocycles. The first-order valence-corrected chi connectivity index (χ1v) is 14.3. The molecule has 2 unspecified atom stereocenters. The number of carbonyl (C=O) groups is 1. The van der Waals surface area contributed by atoms with Gasteiger partial charge in [0.2, 0.25) is 5.76 Å². The molecule has 0 saturated heterocycles. The molecular formula is C30H38F2N2O3S. The SMILES string of the molecule is CCCCSCc1cc(C(=O)OC(CNCc2cccc(CC)c2)C(N)Cc2cc(F)cc(F)c2)oc1C. The second kappa shape index (κ2) is 15.0. The number of unbranched alkanes of at least 4 members (excludes halogenated alkanes) is 1. The summed E-state index contributed by atoms with van der Waals surface area (Å²) in [5.41, 5.74) is 10.1. The zero-order chi connectivity index (χ0) is 27.5. The van der Waals surface area contributed by atoms with Crippen LogP contribution in [0.25, 0.3) is 0 Å². The van der Waals surface area contributed by atoms with E-state index < -0.39 is 29.7 Å². The van der Waals surface area contributed by atoms with Crippen LogP contribution >= 0.6 is 11.8 Å². The number of ether oxygens (including phenoxy) is 1. The first-order valence-electron chi connectivity index (χ1n) is 13.2. The molecule has 3 aromatic rings. The third-order valence-corrected chi connectivity index (χ3v) is 7.42. The van der Waals surface area contributed by atoms with Crippen LogP contribution in [0, 0.1) is 18.6 Å². The van der Waals surface area contributed by atoms with Gasteiger partial charge in [-0.25, -0.2) is 13.6 Å². The van der Waals surface area contributed by atoms with E-state index >= 15 is 0 Å². The van der Waals surface area contributed by atoms with Gasteiger partial charge < -0.3 is 20.2 Å². The molecule has 0 aliphatic heterocycles. The number of carbonyl (C=O) groups excluding carboxylic acids is 1. The van der Waals surface area contributed by atoms with Crippen molar-refractivity contribution in [3.8, 4) is 0 Å². The van der Waals surface area contributed by atoms with E-state index in [1.165, 1.54) is 17.7 Å². The summed E-state index contributed by atoms with van der Waals surface area (Å²) in [6, 6.07) is 12.5. The quantitative estimate of drug-likeness (QED) is 0.172. The zero-order valence-electron chi connectivity index (χ0n) is 22.4. The Labute approximate surface area is 228 Å². The van der Waals surface area contributed by atoms with E-state index in [-0.39, 0.29) is 18.7 Å². The average molecular weight is 545 g/mol. The molecular weight excluding hydrogens is 506 g/mol. The lowest BCUT2D eigenvalue weighted by Crippen LogP contribution is -2.46. The molecule has 3 rings (SSSR count). The number of nitrogens with two attached hydrogens (primary N) is 1. The minimum Gasteiger partial charge on any atom is -0.454 e. The molecule has 1 aromatic heterocycles. The molecule has 0 saturated carbocycles. The molecule has 8 heteroatoms. The molecule has 0 amide bonds. The van der Waals surface area contributed by atoms with Gasteiger partial charge in [0, 0.05) is 36.5 Å². The monoisotopic (exact) mass is 544 g/mol. The van der Waals surface area contributed by atoms with Gasteiger partial charge in [-0.3, -0.25) is 0 Å². The van der Waals surface area contributed by atoms with E-state index in [0.29, 0.717) is 17.9 Å². The molecule has 206 valence electrons. The van der Waals surface area contributed by atoms with Crippen molar-refractivity contribution in [3.05, 3.63) is 93.9 Å². The normalized spacial score (nSPS) is 12.9. The lowest BCUT2D eigenvalue weighted by atomic mass is 10.0. The molecule has 2 aromatic carbocycles. The maximum Gasteiger partial charge on any atom is 0.374 e. The van der Waals surface area contributed by atoms with Crippen molar-refractivity contribution in [3.63, 3.8) is 0 Å². The third kappa shape index (κ3) is 9.26. The number of furan rings is 1.